The Morgan fingerprint density at radius 3 is 2.35 bits per heavy atom. The number of ether oxygens (including phenoxy) is 3. The molecule has 31 heavy (non-hydrogen) atoms. The molecule has 2 rings (SSSR count). The lowest BCUT2D eigenvalue weighted by molar-refractivity contribution is -0.127. The van der Waals surface area contributed by atoms with Gasteiger partial charge in [-0.3, -0.25) is 4.79 Å². The topological polar surface area (TPSA) is 85.9 Å². The fourth-order valence-corrected chi connectivity index (χ4v) is 2.94. The van der Waals surface area contributed by atoms with Crippen LogP contribution in [0.25, 0.3) is 0 Å². The highest BCUT2D eigenvalue weighted by atomic mass is 16.6. The SMILES string of the molecule is COc1cccc(CCNC(=O)[C@@H](NC(=O)OC(C)C)[C@@H](C)OCc2ccccc2)c1. The lowest BCUT2D eigenvalue weighted by atomic mass is 10.1. The fraction of sp³-hybridized carbons (Fsp3) is 0.417. The predicted molar refractivity (Wildman–Crippen MR) is 119 cm³/mol. The van der Waals surface area contributed by atoms with E-state index in [1.807, 2.05) is 54.6 Å². The number of amides is 2. The molecule has 2 amide bonds. The average molecular weight is 429 g/mol. The first kappa shape index (κ1) is 24.2. The molecule has 168 valence electrons. The second-order valence-corrected chi connectivity index (χ2v) is 7.47. The van der Waals surface area contributed by atoms with Crippen LogP contribution < -0.4 is 15.4 Å². The first-order chi connectivity index (χ1) is 14.9. The summed E-state index contributed by atoms with van der Waals surface area (Å²) >= 11 is 0. The number of carbonyl (C=O) groups excluding carboxylic acids is 2. The van der Waals surface area contributed by atoms with E-state index in [0.717, 1.165) is 16.9 Å². The van der Waals surface area contributed by atoms with Crippen LogP contribution in [0.5, 0.6) is 5.75 Å². The Labute approximate surface area is 184 Å². The molecule has 0 saturated heterocycles. The molecule has 7 nitrogen and oxygen atoms in total. The Kier molecular flexibility index (Phi) is 9.84. The average Bonchev–Trinajstić information content (AvgIpc) is 2.76. The van der Waals surface area contributed by atoms with Crippen molar-refractivity contribution in [3.8, 4) is 5.75 Å². The quantitative estimate of drug-likeness (QED) is 0.572. The standard InChI is InChI=1S/C24H32N2O5/c1-17(2)31-24(28)26-22(18(3)30-16-20-9-6-5-7-10-20)23(27)25-14-13-19-11-8-12-21(15-19)29-4/h5-12,15,17-18,22H,13-14,16H2,1-4H3,(H,25,27)(H,26,28)/t18-,22+/m1/s1. The zero-order chi connectivity index (χ0) is 22.6. The first-order valence-corrected chi connectivity index (χ1v) is 10.4. The van der Waals surface area contributed by atoms with Gasteiger partial charge in [0.25, 0.3) is 0 Å². The maximum absolute atomic E-state index is 12.8. The molecule has 0 heterocycles. The molecule has 0 aromatic heterocycles. The van der Waals surface area contributed by atoms with Gasteiger partial charge in [0.05, 0.1) is 25.9 Å². The van der Waals surface area contributed by atoms with Gasteiger partial charge in [-0.25, -0.2) is 4.79 Å². The van der Waals surface area contributed by atoms with E-state index in [1.54, 1.807) is 27.9 Å². The minimum Gasteiger partial charge on any atom is -0.497 e. The van der Waals surface area contributed by atoms with Crippen LogP contribution in [0.1, 0.15) is 31.9 Å². The highest BCUT2D eigenvalue weighted by Crippen LogP contribution is 2.13. The van der Waals surface area contributed by atoms with E-state index in [0.29, 0.717) is 19.6 Å². The molecule has 0 spiro atoms. The third kappa shape index (κ3) is 8.68. The molecule has 0 radical (unpaired) electrons. The summed E-state index contributed by atoms with van der Waals surface area (Å²) in [4.78, 5) is 25.0. The number of nitrogens with one attached hydrogen (secondary N) is 2. The van der Waals surface area contributed by atoms with Crippen LogP contribution >= 0.6 is 0 Å². The van der Waals surface area contributed by atoms with Crippen LogP contribution in [-0.4, -0.2) is 43.9 Å². The summed E-state index contributed by atoms with van der Waals surface area (Å²) in [6.45, 7) is 5.99. The molecular weight excluding hydrogens is 396 g/mol. The van der Waals surface area contributed by atoms with E-state index >= 15 is 0 Å². The molecule has 0 fully saturated rings. The van der Waals surface area contributed by atoms with Crippen LogP contribution in [0.4, 0.5) is 4.79 Å². The third-order valence-electron chi connectivity index (χ3n) is 4.57. The van der Waals surface area contributed by atoms with Gasteiger partial charge in [0.15, 0.2) is 0 Å². The van der Waals surface area contributed by atoms with Crippen molar-refractivity contribution in [3.05, 3.63) is 65.7 Å². The Hall–Kier alpha value is -3.06. The van der Waals surface area contributed by atoms with Gasteiger partial charge >= 0.3 is 6.09 Å². The number of hydrogen-bond donors (Lipinski definition) is 2. The van der Waals surface area contributed by atoms with E-state index in [1.165, 1.54) is 0 Å². The molecule has 2 aromatic carbocycles. The van der Waals surface area contributed by atoms with Crippen molar-refractivity contribution in [1.29, 1.82) is 0 Å². The van der Waals surface area contributed by atoms with Gasteiger partial charge in [-0.05, 0) is 50.5 Å². The molecule has 2 N–H and O–H groups in total. The number of methoxy groups -OCH3 is 1. The summed E-state index contributed by atoms with van der Waals surface area (Å²) in [5, 5.41) is 5.51. The Balaban J connectivity index is 1.96. The number of benzene rings is 2. The van der Waals surface area contributed by atoms with Crippen molar-refractivity contribution in [2.45, 2.75) is 52.0 Å². The zero-order valence-corrected chi connectivity index (χ0v) is 18.6. The number of alkyl carbamates (subject to hydrolysis) is 1. The van der Waals surface area contributed by atoms with Crippen molar-refractivity contribution in [1.82, 2.24) is 10.6 Å². The Morgan fingerprint density at radius 2 is 1.68 bits per heavy atom. The molecule has 0 aliphatic carbocycles. The maximum atomic E-state index is 12.8. The van der Waals surface area contributed by atoms with Gasteiger partial charge in [0, 0.05) is 6.54 Å². The van der Waals surface area contributed by atoms with Gasteiger partial charge < -0.3 is 24.8 Å². The fourth-order valence-electron chi connectivity index (χ4n) is 2.94. The van der Waals surface area contributed by atoms with E-state index in [4.69, 9.17) is 14.2 Å². The smallest absolute Gasteiger partial charge is 0.408 e. The largest absolute Gasteiger partial charge is 0.497 e. The van der Waals surface area contributed by atoms with Crippen LogP contribution in [0.2, 0.25) is 0 Å². The van der Waals surface area contributed by atoms with Gasteiger partial charge in [-0.15, -0.1) is 0 Å². The van der Waals surface area contributed by atoms with Gasteiger partial charge in [-0.2, -0.15) is 0 Å². The van der Waals surface area contributed by atoms with E-state index < -0.39 is 18.2 Å². The van der Waals surface area contributed by atoms with Crippen molar-refractivity contribution >= 4 is 12.0 Å². The minimum atomic E-state index is -0.889. The maximum Gasteiger partial charge on any atom is 0.408 e. The van der Waals surface area contributed by atoms with Crippen LogP contribution in [0.15, 0.2) is 54.6 Å². The number of carbonyl (C=O) groups is 2. The van der Waals surface area contributed by atoms with Gasteiger partial charge in [-0.1, -0.05) is 42.5 Å². The molecule has 0 unspecified atom stereocenters. The molecule has 2 aromatic rings. The first-order valence-electron chi connectivity index (χ1n) is 10.4. The lowest BCUT2D eigenvalue weighted by Gasteiger charge is -2.25. The van der Waals surface area contributed by atoms with Crippen molar-refractivity contribution in [2.75, 3.05) is 13.7 Å². The second-order valence-electron chi connectivity index (χ2n) is 7.47. The third-order valence-corrected chi connectivity index (χ3v) is 4.57. The molecule has 2 atom stereocenters. The summed E-state index contributed by atoms with van der Waals surface area (Å²) < 4.78 is 16.2. The summed E-state index contributed by atoms with van der Waals surface area (Å²) in [6, 6.07) is 16.4. The normalized spacial score (nSPS) is 12.7. The molecule has 0 aliphatic rings. The van der Waals surface area contributed by atoms with E-state index in [-0.39, 0.29) is 12.0 Å². The monoisotopic (exact) mass is 428 g/mol. The summed E-state index contributed by atoms with van der Waals surface area (Å²) in [5.74, 6) is 0.437. The number of hydrogen-bond acceptors (Lipinski definition) is 5. The Bertz CT molecular complexity index is 826. The summed E-state index contributed by atoms with van der Waals surface area (Å²) in [7, 11) is 1.62. The second kappa shape index (κ2) is 12.6. The van der Waals surface area contributed by atoms with Gasteiger partial charge in [0.1, 0.15) is 11.8 Å². The van der Waals surface area contributed by atoms with Crippen molar-refractivity contribution < 1.29 is 23.8 Å². The minimum absolute atomic E-state index is 0.294. The van der Waals surface area contributed by atoms with Crippen LogP contribution in [0.3, 0.4) is 0 Å². The molecule has 7 heteroatoms. The molecule has 0 saturated carbocycles. The summed E-state index contributed by atoms with van der Waals surface area (Å²) in [6.07, 6.45) is -0.877. The molecular formula is C24H32N2O5. The van der Waals surface area contributed by atoms with Crippen molar-refractivity contribution in [2.24, 2.45) is 0 Å². The lowest BCUT2D eigenvalue weighted by Crippen LogP contribution is -2.53. The van der Waals surface area contributed by atoms with Crippen LogP contribution in [-0.2, 0) is 27.3 Å². The molecule has 0 bridgehead atoms. The van der Waals surface area contributed by atoms with E-state index in [9.17, 15) is 9.59 Å². The predicted octanol–water partition coefficient (Wildman–Crippen LogP) is 3.46. The zero-order valence-electron chi connectivity index (χ0n) is 18.6. The number of rotatable bonds is 11. The summed E-state index contributed by atoms with van der Waals surface area (Å²) in [5.41, 5.74) is 2.02. The van der Waals surface area contributed by atoms with Crippen molar-refractivity contribution in [3.63, 3.8) is 0 Å². The van der Waals surface area contributed by atoms with Crippen LogP contribution in [0, 0.1) is 0 Å². The Morgan fingerprint density at radius 1 is 0.968 bits per heavy atom. The van der Waals surface area contributed by atoms with E-state index in [2.05, 4.69) is 10.6 Å². The van der Waals surface area contributed by atoms with Gasteiger partial charge in [0.2, 0.25) is 5.91 Å². The highest BCUT2D eigenvalue weighted by Gasteiger charge is 2.28. The molecule has 0 aliphatic heterocycles. The highest BCUT2D eigenvalue weighted by molar-refractivity contribution is 5.86.